The molecule has 1 fully saturated rings. The molecule has 0 spiro atoms. The second-order valence-corrected chi connectivity index (χ2v) is 9.53. The highest BCUT2D eigenvalue weighted by Crippen LogP contribution is 2.32. The number of ether oxygens (including phenoxy) is 1. The van der Waals surface area contributed by atoms with Gasteiger partial charge in [0.05, 0.1) is 35.6 Å². The average molecular weight is 505 g/mol. The molecule has 8 nitrogen and oxygen atoms in total. The summed E-state index contributed by atoms with van der Waals surface area (Å²) in [6.07, 6.45) is 2.09. The van der Waals surface area contributed by atoms with E-state index in [1.807, 2.05) is 36.4 Å². The molecule has 36 heavy (non-hydrogen) atoms. The summed E-state index contributed by atoms with van der Waals surface area (Å²) in [6.45, 7) is 5.12. The maximum absolute atomic E-state index is 12.7. The number of hydrogen-bond acceptors (Lipinski definition) is 7. The monoisotopic (exact) mass is 504 g/mol. The predicted molar refractivity (Wildman–Crippen MR) is 143 cm³/mol. The van der Waals surface area contributed by atoms with Gasteiger partial charge in [0.2, 0.25) is 0 Å². The number of benzene rings is 2. The molecule has 5 rings (SSSR count). The molecule has 0 amide bonds. The first kappa shape index (κ1) is 24.2. The Morgan fingerprint density at radius 1 is 1.08 bits per heavy atom. The number of fused-ring (bicyclic) bond motifs is 1. The van der Waals surface area contributed by atoms with E-state index in [1.165, 1.54) is 5.56 Å². The molecule has 4 aromatic rings. The van der Waals surface area contributed by atoms with Gasteiger partial charge in [-0.2, -0.15) is 5.10 Å². The molecule has 0 aliphatic carbocycles. The number of aromatic nitrogens is 3. The molecule has 0 bridgehead atoms. The zero-order chi connectivity index (χ0) is 25.1. The molecule has 2 aromatic carbocycles. The third kappa shape index (κ3) is 5.36. The number of nitrogens with zero attached hydrogens (tertiary/aromatic N) is 4. The Morgan fingerprint density at radius 3 is 2.67 bits per heavy atom. The van der Waals surface area contributed by atoms with E-state index in [2.05, 4.69) is 49.5 Å². The maximum Gasteiger partial charge on any atom is 0.275 e. The molecule has 186 valence electrons. The second kappa shape index (κ2) is 10.7. The number of anilines is 2. The lowest BCUT2D eigenvalue weighted by molar-refractivity contribution is 0.148. The van der Waals surface area contributed by atoms with E-state index < -0.39 is 0 Å². The Hall–Kier alpha value is -3.46. The van der Waals surface area contributed by atoms with Crippen LogP contribution >= 0.6 is 11.6 Å². The minimum atomic E-state index is -0.308. The molecule has 0 atom stereocenters. The normalized spacial score (nSPS) is 14.8. The van der Waals surface area contributed by atoms with Crippen molar-refractivity contribution in [3.05, 3.63) is 86.9 Å². The summed E-state index contributed by atoms with van der Waals surface area (Å²) in [4.78, 5) is 22.2. The van der Waals surface area contributed by atoms with Crippen LogP contribution in [0.1, 0.15) is 16.8 Å². The average Bonchev–Trinajstić information content (AvgIpc) is 2.87. The van der Waals surface area contributed by atoms with E-state index in [1.54, 1.807) is 13.3 Å². The lowest BCUT2D eigenvalue weighted by Gasteiger charge is -2.32. The van der Waals surface area contributed by atoms with E-state index in [4.69, 9.17) is 16.3 Å². The molecule has 0 unspecified atom stereocenters. The number of rotatable bonds is 7. The fourth-order valence-corrected chi connectivity index (χ4v) is 4.73. The molecule has 0 saturated carbocycles. The van der Waals surface area contributed by atoms with Gasteiger partial charge in [0.15, 0.2) is 0 Å². The molecule has 0 radical (unpaired) electrons. The standard InChI is InChI=1S/C27H29ClN6O2/c1-33-9-11-34(12-10-33)17-18-7-8-22(25(13-18)36-2)31-23-15-20(14-19-5-3-4-6-21(19)28)30-24-16-29-32-27(35)26(23)24/h3-8,13,15-16H,9-12,14,17H2,1-2H3,(H,30,31)(H,32,35). The van der Waals surface area contributed by atoms with Crippen molar-refractivity contribution in [3.8, 4) is 5.75 Å². The number of halogens is 1. The highest BCUT2D eigenvalue weighted by molar-refractivity contribution is 6.31. The van der Waals surface area contributed by atoms with Gasteiger partial charge in [0.1, 0.15) is 5.75 Å². The SMILES string of the molecule is COc1cc(CN2CCN(C)CC2)ccc1Nc1cc(Cc2ccccc2Cl)nc2cn[nH]c(=O)c12. The largest absolute Gasteiger partial charge is 0.495 e. The zero-order valence-corrected chi connectivity index (χ0v) is 21.2. The summed E-state index contributed by atoms with van der Waals surface area (Å²) in [5.41, 5.74) is 4.52. The van der Waals surface area contributed by atoms with Crippen LogP contribution in [-0.2, 0) is 13.0 Å². The minimum Gasteiger partial charge on any atom is -0.495 e. The first-order chi connectivity index (χ1) is 17.5. The molecule has 1 saturated heterocycles. The third-order valence-electron chi connectivity index (χ3n) is 6.55. The summed E-state index contributed by atoms with van der Waals surface area (Å²) in [5, 5.41) is 11.0. The van der Waals surface area contributed by atoms with Gasteiger partial charge in [0.25, 0.3) is 5.56 Å². The molecular weight excluding hydrogens is 476 g/mol. The molecule has 2 N–H and O–H groups in total. The number of hydrogen-bond donors (Lipinski definition) is 2. The number of likely N-dealkylation sites (N-methyl/N-ethyl adjacent to an activating group) is 1. The van der Waals surface area contributed by atoms with Gasteiger partial charge in [-0.25, -0.2) is 5.10 Å². The number of methoxy groups -OCH3 is 1. The van der Waals surface area contributed by atoms with Crippen LogP contribution in [0.4, 0.5) is 11.4 Å². The zero-order valence-electron chi connectivity index (χ0n) is 20.4. The Labute approximate surface area is 214 Å². The fourth-order valence-electron chi connectivity index (χ4n) is 4.53. The van der Waals surface area contributed by atoms with Crippen molar-refractivity contribution in [1.29, 1.82) is 0 Å². The van der Waals surface area contributed by atoms with Gasteiger partial charge in [-0.3, -0.25) is 14.7 Å². The predicted octanol–water partition coefficient (Wildman–Crippen LogP) is 4.06. The van der Waals surface area contributed by atoms with Gasteiger partial charge in [0, 0.05) is 49.9 Å². The van der Waals surface area contributed by atoms with Crippen LogP contribution in [0.2, 0.25) is 5.02 Å². The maximum atomic E-state index is 12.7. The van der Waals surface area contributed by atoms with Gasteiger partial charge in [-0.15, -0.1) is 0 Å². The highest BCUT2D eigenvalue weighted by Gasteiger charge is 2.16. The molecular formula is C27H29ClN6O2. The topological polar surface area (TPSA) is 86.4 Å². The van der Waals surface area contributed by atoms with Crippen LogP contribution in [0.3, 0.4) is 0 Å². The van der Waals surface area contributed by atoms with Gasteiger partial charge in [-0.1, -0.05) is 35.9 Å². The number of H-pyrrole nitrogens is 1. The molecule has 2 aromatic heterocycles. The van der Waals surface area contributed by atoms with Crippen LogP contribution in [0.15, 0.2) is 59.5 Å². The Balaban J connectivity index is 1.46. The van der Waals surface area contributed by atoms with Crippen LogP contribution in [0.5, 0.6) is 5.75 Å². The highest BCUT2D eigenvalue weighted by atomic mass is 35.5. The van der Waals surface area contributed by atoms with Crippen LogP contribution < -0.4 is 15.6 Å². The molecule has 9 heteroatoms. The number of aromatic amines is 1. The van der Waals surface area contributed by atoms with Crippen LogP contribution in [0, 0.1) is 0 Å². The lowest BCUT2D eigenvalue weighted by Crippen LogP contribution is -2.43. The minimum absolute atomic E-state index is 0.308. The Morgan fingerprint density at radius 2 is 1.89 bits per heavy atom. The van der Waals surface area contributed by atoms with E-state index in [0.717, 1.165) is 49.7 Å². The van der Waals surface area contributed by atoms with E-state index >= 15 is 0 Å². The second-order valence-electron chi connectivity index (χ2n) is 9.13. The smallest absolute Gasteiger partial charge is 0.275 e. The van der Waals surface area contributed by atoms with E-state index in [-0.39, 0.29) is 5.56 Å². The molecule has 3 heterocycles. The van der Waals surface area contributed by atoms with E-state index in [0.29, 0.717) is 33.8 Å². The van der Waals surface area contributed by atoms with Crippen LogP contribution in [-0.4, -0.2) is 65.3 Å². The number of nitrogens with one attached hydrogen (secondary N) is 2. The van der Waals surface area contributed by atoms with Gasteiger partial charge in [-0.05, 0) is 42.4 Å². The van der Waals surface area contributed by atoms with Crippen molar-refractivity contribution in [2.24, 2.45) is 0 Å². The van der Waals surface area contributed by atoms with Crippen molar-refractivity contribution in [2.75, 3.05) is 45.7 Å². The summed E-state index contributed by atoms with van der Waals surface area (Å²) >= 11 is 6.39. The van der Waals surface area contributed by atoms with Crippen LogP contribution in [0.25, 0.3) is 10.9 Å². The first-order valence-corrected chi connectivity index (χ1v) is 12.3. The summed E-state index contributed by atoms with van der Waals surface area (Å²) < 4.78 is 5.73. The summed E-state index contributed by atoms with van der Waals surface area (Å²) in [6, 6.07) is 15.7. The van der Waals surface area contributed by atoms with Crippen molar-refractivity contribution in [2.45, 2.75) is 13.0 Å². The Kier molecular flexibility index (Phi) is 7.18. The van der Waals surface area contributed by atoms with Gasteiger partial charge >= 0.3 is 0 Å². The molecule has 1 aliphatic heterocycles. The third-order valence-corrected chi connectivity index (χ3v) is 6.92. The van der Waals surface area contributed by atoms with Gasteiger partial charge < -0.3 is 15.0 Å². The van der Waals surface area contributed by atoms with Crippen molar-refractivity contribution >= 4 is 33.9 Å². The number of piperazine rings is 1. The lowest BCUT2D eigenvalue weighted by atomic mass is 10.1. The summed E-state index contributed by atoms with van der Waals surface area (Å²) in [5.74, 6) is 0.713. The number of pyridine rings is 1. The summed E-state index contributed by atoms with van der Waals surface area (Å²) in [7, 11) is 3.81. The quantitative estimate of drug-likeness (QED) is 0.392. The van der Waals surface area contributed by atoms with Crippen molar-refractivity contribution in [3.63, 3.8) is 0 Å². The first-order valence-electron chi connectivity index (χ1n) is 12.0. The fraction of sp³-hybridized carbons (Fsp3) is 0.296. The Bertz CT molecular complexity index is 1430. The van der Waals surface area contributed by atoms with Crippen molar-refractivity contribution in [1.82, 2.24) is 25.0 Å². The van der Waals surface area contributed by atoms with E-state index in [9.17, 15) is 4.79 Å². The van der Waals surface area contributed by atoms with Crippen molar-refractivity contribution < 1.29 is 4.74 Å². The molecule has 1 aliphatic rings.